The molecule has 142 valence electrons. The fraction of sp³-hybridized carbons (Fsp3) is 0.409. The Morgan fingerprint density at radius 2 is 2.07 bits per heavy atom. The van der Waals surface area contributed by atoms with Gasteiger partial charge in [-0.1, -0.05) is 12.1 Å². The molecular weight excluding hydrogens is 341 g/mol. The Kier molecular flexibility index (Phi) is 5.12. The summed E-state index contributed by atoms with van der Waals surface area (Å²) in [6.07, 6.45) is 2.47. The quantitative estimate of drug-likeness (QED) is 0.754. The van der Waals surface area contributed by atoms with Crippen LogP contribution in [0.4, 0.5) is 15.8 Å². The minimum atomic E-state index is -0.304. The number of fused-ring (bicyclic) bond motifs is 3. The maximum Gasteiger partial charge on any atom is 0.162 e. The Bertz CT molecular complexity index is 821. The van der Waals surface area contributed by atoms with Crippen molar-refractivity contribution in [2.24, 2.45) is 0 Å². The topological polar surface area (TPSA) is 44.4 Å². The lowest BCUT2D eigenvalue weighted by Crippen LogP contribution is -2.42. The van der Waals surface area contributed by atoms with Gasteiger partial charge in [0, 0.05) is 44.1 Å². The van der Waals surface area contributed by atoms with Crippen LogP contribution in [0.25, 0.3) is 0 Å². The number of anilines is 2. The summed E-state index contributed by atoms with van der Waals surface area (Å²) >= 11 is 0. The molecule has 1 saturated heterocycles. The predicted molar refractivity (Wildman–Crippen MR) is 107 cm³/mol. The fourth-order valence-electron chi connectivity index (χ4n) is 4.39. The van der Waals surface area contributed by atoms with Crippen molar-refractivity contribution in [3.63, 3.8) is 0 Å². The van der Waals surface area contributed by atoms with Crippen LogP contribution < -0.4 is 10.6 Å². The molecule has 1 fully saturated rings. The second kappa shape index (κ2) is 7.69. The van der Waals surface area contributed by atoms with E-state index in [9.17, 15) is 9.18 Å². The molecule has 5 heteroatoms. The number of piperidine rings is 1. The first-order valence-electron chi connectivity index (χ1n) is 9.74. The largest absolute Gasteiger partial charge is 0.386 e. The molecule has 0 bridgehead atoms. The van der Waals surface area contributed by atoms with Crippen LogP contribution in [0.2, 0.25) is 0 Å². The first-order chi connectivity index (χ1) is 13.2. The van der Waals surface area contributed by atoms with Crippen molar-refractivity contribution < 1.29 is 9.18 Å². The van der Waals surface area contributed by atoms with Gasteiger partial charge < -0.3 is 15.5 Å². The Morgan fingerprint density at radius 1 is 1.26 bits per heavy atom. The number of likely N-dealkylation sites (tertiary alicyclic amines) is 1. The number of halogens is 1. The van der Waals surface area contributed by atoms with Crippen LogP contribution in [0.1, 0.15) is 41.1 Å². The number of Topliss-reactive ketones (excluding diaryl/α,β-unsaturated/α-hetero) is 1. The van der Waals surface area contributed by atoms with Crippen molar-refractivity contribution in [3.05, 3.63) is 59.4 Å². The number of rotatable bonds is 6. The van der Waals surface area contributed by atoms with E-state index in [1.165, 1.54) is 29.1 Å². The molecule has 0 amide bonds. The van der Waals surface area contributed by atoms with Crippen molar-refractivity contribution in [2.45, 2.75) is 31.2 Å². The SMILES string of the molecule is CNc1cccc2c1NC1CCN(CCCC(=O)c3ccc(F)cc3)C[C@@H]21. The van der Waals surface area contributed by atoms with Crippen molar-refractivity contribution in [1.29, 1.82) is 0 Å². The third-order valence-corrected chi connectivity index (χ3v) is 5.84. The van der Waals surface area contributed by atoms with E-state index in [-0.39, 0.29) is 11.6 Å². The van der Waals surface area contributed by atoms with Gasteiger partial charge in [0.1, 0.15) is 5.82 Å². The average molecular weight is 367 g/mol. The molecule has 2 aromatic carbocycles. The van der Waals surface area contributed by atoms with Gasteiger partial charge >= 0.3 is 0 Å². The summed E-state index contributed by atoms with van der Waals surface area (Å²) in [5.74, 6) is 0.299. The molecule has 0 radical (unpaired) electrons. The van der Waals surface area contributed by atoms with E-state index < -0.39 is 0 Å². The highest BCUT2D eigenvalue weighted by Crippen LogP contribution is 2.43. The summed E-state index contributed by atoms with van der Waals surface area (Å²) in [7, 11) is 1.96. The zero-order valence-electron chi connectivity index (χ0n) is 15.7. The second-order valence-electron chi connectivity index (χ2n) is 7.50. The number of carbonyl (C=O) groups excluding carboxylic acids is 1. The van der Waals surface area contributed by atoms with Gasteiger partial charge in [0.2, 0.25) is 0 Å². The summed E-state index contributed by atoms with van der Waals surface area (Å²) in [4.78, 5) is 14.7. The van der Waals surface area contributed by atoms with E-state index in [1.807, 2.05) is 7.05 Å². The number of ketones is 1. The van der Waals surface area contributed by atoms with E-state index in [0.29, 0.717) is 23.9 Å². The number of hydrogen-bond acceptors (Lipinski definition) is 4. The third-order valence-electron chi connectivity index (χ3n) is 5.84. The minimum absolute atomic E-state index is 0.0939. The maximum absolute atomic E-state index is 13.0. The van der Waals surface area contributed by atoms with Gasteiger partial charge in [0.15, 0.2) is 5.78 Å². The summed E-state index contributed by atoms with van der Waals surface area (Å²) in [6.45, 7) is 3.02. The Labute approximate surface area is 159 Å². The number of para-hydroxylation sites is 1. The molecule has 4 rings (SSSR count). The summed E-state index contributed by atoms with van der Waals surface area (Å²) in [5, 5.41) is 6.98. The van der Waals surface area contributed by atoms with Crippen LogP contribution in [-0.2, 0) is 0 Å². The molecule has 0 aromatic heterocycles. The first kappa shape index (κ1) is 18.0. The van der Waals surface area contributed by atoms with Gasteiger partial charge in [0.05, 0.1) is 11.4 Å². The van der Waals surface area contributed by atoms with Gasteiger partial charge in [-0.2, -0.15) is 0 Å². The minimum Gasteiger partial charge on any atom is -0.386 e. The lowest BCUT2D eigenvalue weighted by atomic mass is 9.89. The maximum atomic E-state index is 13.0. The molecule has 4 nitrogen and oxygen atoms in total. The Morgan fingerprint density at radius 3 is 2.85 bits per heavy atom. The van der Waals surface area contributed by atoms with E-state index in [1.54, 1.807) is 12.1 Å². The highest BCUT2D eigenvalue weighted by Gasteiger charge is 2.37. The Balaban J connectivity index is 1.33. The molecule has 2 aromatic rings. The van der Waals surface area contributed by atoms with E-state index in [4.69, 9.17) is 0 Å². The molecule has 0 saturated carbocycles. The molecule has 1 unspecified atom stereocenters. The molecule has 0 aliphatic carbocycles. The van der Waals surface area contributed by atoms with Crippen molar-refractivity contribution in [2.75, 3.05) is 37.3 Å². The molecule has 2 aliphatic heterocycles. The highest BCUT2D eigenvalue weighted by atomic mass is 19.1. The van der Waals surface area contributed by atoms with Crippen LogP contribution in [0.15, 0.2) is 42.5 Å². The monoisotopic (exact) mass is 367 g/mol. The van der Waals surface area contributed by atoms with Gasteiger partial charge in [-0.25, -0.2) is 4.39 Å². The normalized spacial score (nSPS) is 21.3. The number of benzene rings is 2. The zero-order chi connectivity index (χ0) is 18.8. The van der Waals surface area contributed by atoms with E-state index >= 15 is 0 Å². The van der Waals surface area contributed by atoms with Gasteiger partial charge in [0.25, 0.3) is 0 Å². The molecule has 2 N–H and O–H groups in total. The highest BCUT2D eigenvalue weighted by molar-refractivity contribution is 5.95. The zero-order valence-corrected chi connectivity index (χ0v) is 15.7. The number of carbonyl (C=O) groups is 1. The van der Waals surface area contributed by atoms with Crippen LogP contribution in [0.3, 0.4) is 0 Å². The molecule has 2 aliphatic rings. The van der Waals surface area contributed by atoms with Crippen molar-refractivity contribution in [1.82, 2.24) is 4.90 Å². The lowest BCUT2D eigenvalue weighted by Gasteiger charge is -2.35. The van der Waals surface area contributed by atoms with Crippen LogP contribution in [-0.4, -0.2) is 43.4 Å². The fourth-order valence-corrected chi connectivity index (χ4v) is 4.39. The predicted octanol–water partition coefficient (Wildman–Crippen LogP) is 4.11. The van der Waals surface area contributed by atoms with Crippen LogP contribution >= 0.6 is 0 Å². The van der Waals surface area contributed by atoms with Gasteiger partial charge in [-0.15, -0.1) is 0 Å². The smallest absolute Gasteiger partial charge is 0.162 e. The molecule has 0 spiro atoms. The first-order valence-corrected chi connectivity index (χ1v) is 9.74. The second-order valence-corrected chi connectivity index (χ2v) is 7.50. The van der Waals surface area contributed by atoms with Crippen molar-refractivity contribution in [3.8, 4) is 0 Å². The number of hydrogen-bond donors (Lipinski definition) is 2. The molecular formula is C22H26FN3O. The van der Waals surface area contributed by atoms with E-state index in [0.717, 1.165) is 32.5 Å². The third kappa shape index (κ3) is 3.69. The average Bonchev–Trinajstić information content (AvgIpc) is 3.06. The molecule has 2 atom stereocenters. The lowest BCUT2D eigenvalue weighted by molar-refractivity contribution is 0.0971. The standard InChI is InChI=1S/C22H26FN3O/c1-24-20-5-2-4-17-18-14-26(13-11-19(18)25-22(17)20)12-3-6-21(27)15-7-9-16(23)10-8-15/h2,4-5,7-10,18-19,24-25H,3,6,11-14H2,1H3/t18-,19?/m0/s1. The number of nitrogens with one attached hydrogen (secondary N) is 2. The summed E-state index contributed by atoms with van der Waals surface area (Å²) in [6, 6.07) is 12.8. The summed E-state index contributed by atoms with van der Waals surface area (Å²) in [5.41, 5.74) is 4.42. The van der Waals surface area contributed by atoms with Gasteiger partial charge in [-0.05, 0) is 55.3 Å². The van der Waals surface area contributed by atoms with E-state index in [2.05, 4.69) is 33.7 Å². The van der Waals surface area contributed by atoms with Crippen LogP contribution in [0, 0.1) is 5.82 Å². The van der Waals surface area contributed by atoms with Gasteiger partial charge in [-0.3, -0.25) is 4.79 Å². The molecule has 2 heterocycles. The molecule has 27 heavy (non-hydrogen) atoms. The van der Waals surface area contributed by atoms with Crippen LogP contribution in [0.5, 0.6) is 0 Å². The Hall–Kier alpha value is -2.40. The number of nitrogens with zero attached hydrogens (tertiary/aromatic N) is 1. The summed E-state index contributed by atoms with van der Waals surface area (Å²) < 4.78 is 13.0. The van der Waals surface area contributed by atoms with Crippen molar-refractivity contribution >= 4 is 17.2 Å².